The third-order valence-electron chi connectivity index (χ3n) is 7.46. The normalized spacial score (nSPS) is 14.7. The summed E-state index contributed by atoms with van der Waals surface area (Å²) >= 11 is 0. The molecule has 8 nitrogen and oxygen atoms in total. The van der Waals surface area contributed by atoms with Gasteiger partial charge in [-0.2, -0.15) is 26.3 Å². The number of primary amides is 1. The number of pyridine rings is 1. The highest BCUT2D eigenvalue weighted by molar-refractivity contribution is 7.92. The molecule has 2 heterocycles. The Kier molecular flexibility index (Phi) is 13.6. The Labute approximate surface area is 292 Å². The second-order valence-corrected chi connectivity index (χ2v) is 13.4. The number of anilines is 1. The average Bonchev–Trinajstić information content (AvgIpc) is 3.03. The second-order valence-electron chi connectivity index (χ2n) is 11.7. The van der Waals surface area contributed by atoms with E-state index in [1.165, 1.54) is 18.2 Å². The minimum Gasteiger partial charge on any atom is -0.366 e. The number of nitrogens with one attached hydrogen (secondary N) is 2. The van der Waals surface area contributed by atoms with Crippen LogP contribution in [-0.2, 0) is 40.4 Å². The summed E-state index contributed by atoms with van der Waals surface area (Å²) in [6, 6.07) is 12.7. The summed E-state index contributed by atoms with van der Waals surface area (Å²) < 4.78 is 119. The van der Waals surface area contributed by atoms with Crippen LogP contribution in [0.4, 0.5) is 36.4 Å². The molecule has 3 aromatic rings. The van der Waals surface area contributed by atoms with Crippen molar-refractivity contribution in [2.75, 3.05) is 11.0 Å². The molecular formula is C35H38F7N5O3S. The molecule has 276 valence electrons. The van der Waals surface area contributed by atoms with Crippen molar-refractivity contribution < 1.29 is 43.9 Å². The number of nitrogens with two attached hydrogens (primary N) is 1. The fourth-order valence-corrected chi connectivity index (χ4v) is 5.68. The Hall–Kier alpha value is -4.70. The standard InChI is InChI=1S/C23H23F6N3.C12H15FN2O3S/c1-2-3-10-18-17(13-14-20(31-18)22(24,25)26)19-11-7-12-21(23(27,28)29)32(19)30-15-16-8-5-4-6-9-16;1-7-4-9(5-8(2)12(14)16)6-10(13)11(7)15-19(3,17)18/h4-9,11-14,19,30H,2-3,10,15H2,1H3;4,6,15H,2,5H2,1,3H3,(H2,14,16). The molecule has 0 fully saturated rings. The summed E-state index contributed by atoms with van der Waals surface area (Å²) in [5.41, 5.74) is 8.06. The number of aryl methyl sites for hydroxylation is 2. The maximum Gasteiger partial charge on any atom is 0.433 e. The topological polar surface area (TPSA) is 117 Å². The number of benzene rings is 2. The van der Waals surface area contributed by atoms with Gasteiger partial charge in [-0.1, -0.05) is 74.5 Å². The first-order valence-electron chi connectivity index (χ1n) is 15.5. The SMILES string of the molecule is C=C(Cc1cc(C)c(NS(C)(=O)=O)c(F)c1)C(N)=O.CCCCc1nc(C(F)(F)F)ccc1C1C=CC=C(C(F)(F)F)N1NCc1ccccc1. The number of aromatic nitrogens is 1. The van der Waals surface area contributed by atoms with Crippen molar-refractivity contribution in [2.24, 2.45) is 5.73 Å². The number of carbonyl (C=O) groups excluding carboxylic acids is 1. The Morgan fingerprint density at radius 3 is 2.24 bits per heavy atom. The molecule has 4 N–H and O–H groups in total. The zero-order chi connectivity index (χ0) is 38.1. The minimum atomic E-state index is -4.66. The van der Waals surface area contributed by atoms with Gasteiger partial charge in [-0.3, -0.25) is 14.5 Å². The van der Waals surface area contributed by atoms with Crippen molar-refractivity contribution in [3.05, 3.63) is 130 Å². The molecule has 0 saturated heterocycles. The van der Waals surface area contributed by atoms with Crippen LogP contribution in [0.25, 0.3) is 0 Å². The largest absolute Gasteiger partial charge is 0.433 e. The van der Waals surface area contributed by atoms with Crippen LogP contribution in [0.5, 0.6) is 0 Å². The molecule has 0 spiro atoms. The first kappa shape index (κ1) is 40.7. The molecule has 16 heteroatoms. The lowest BCUT2D eigenvalue weighted by Crippen LogP contribution is -2.45. The molecule has 1 atom stereocenters. The van der Waals surface area contributed by atoms with E-state index in [0.717, 1.165) is 35.0 Å². The van der Waals surface area contributed by atoms with Crippen LogP contribution < -0.4 is 15.9 Å². The van der Waals surface area contributed by atoms with Crippen LogP contribution in [0.3, 0.4) is 0 Å². The number of nitrogens with zero attached hydrogens (tertiary/aromatic N) is 2. The third-order valence-corrected chi connectivity index (χ3v) is 8.03. The summed E-state index contributed by atoms with van der Waals surface area (Å²) in [5.74, 6) is -1.37. The van der Waals surface area contributed by atoms with Crippen LogP contribution in [-0.4, -0.2) is 36.7 Å². The molecule has 1 amide bonds. The number of hydrogen-bond acceptors (Lipinski definition) is 6. The second kappa shape index (κ2) is 17.0. The quantitative estimate of drug-likeness (QED) is 0.130. The molecular weight excluding hydrogens is 703 g/mol. The number of rotatable bonds is 12. The lowest BCUT2D eigenvalue weighted by molar-refractivity contribution is -0.141. The van der Waals surface area contributed by atoms with E-state index in [-0.39, 0.29) is 36.3 Å². The molecule has 0 aliphatic carbocycles. The number of hydrogen-bond donors (Lipinski definition) is 3. The van der Waals surface area contributed by atoms with Crippen molar-refractivity contribution >= 4 is 21.6 Å². The number of allylic oxidation sites excluding steroid dienone is 3. The Morgan fingerprint density at radius 1 is 1.02 bits per heavy atom. The third kappa shape index (κ3) is 12.0. The zero-order valence-electron chi connectivity index (χ0n) is 28.0. The van der Waals surface area contributed by atoms with E-state index in [2.05, 4.69) is 21.7 Å². The molecule has 0 radical (unpaired) electrons. The van der Waals surface area contributed by atoms with Gasteiger partial charge in [0.05, 0.1) is 18.0 Å². The van der Waals surface area contributed by atoms with Gasteiger partial charge < -0.3 is 5.73 Å². The van der Waals surface area contributed by atoms with Gasteiger partial charge in [-0.05, 0) is 54.7 Å². The summed E-state index contributed by atoms with van der Waals surface area (Å²) in [6.07, 6.45) is -2.99. The molecule has 1 aliphatic rings. The molecule has 0 saturated carbocycles. The van der Waals surface area contributed by atoms with Crippen molar-refractivity contribution in [1.82, 2.24) is 15.4 Å². The van der Waals surface area contributed by atoms with Crippen LogP contribution >= 0.6 is 0 Å². The van der Waals surface area contributed by atoms with Crippen LogP contribution in [0.2, 0.25) is 0 Å². The van der Waals surface area contributed by atoms with Gasteiger partial charge in [0.15, 0.2) is 0 Å². The monoisotopic (exact) mass is 741 g/mol. The maximum atomic E-state index is 13.8. The van der Waals surface area contributed by atoms with Gasteiger partial charge in [0.1, 0.15) is 17.2 Å². The predicted molar refractivity (Wildman–Crippen MR) is 181 cm³/mol. The molecule has 4 rings (SSSR count). The van der Waals surface area contributed by atoms with E-state index >= 15 is 0 Å². The number of alkyl halides is 6. The van der Waals surface area contributed by atoms with Crippen molar-refractivity contribution in [3.63, 3.8) is 0 Å². The van der Waals surface area contributed by atoms with Gasteiger partial charge in [0.25, 0.3) is 0 Å². The predicted octanol–water partition coefficient (Wildman–Crippen LogP) is 7.60. The van der Waals surface area contributed by atoms with E-state index in [1.807, 2.05) is 6.92 Å². The Bertz CT molecular complexity index is 1850. The average molecular weight is 742 g/mol. The van der Waals surface area contributed by atoms with E-state index in [4.69, 9.17) is 5.73 Å². The Morgan fingerprint density at radius 2 is 1.69 bits per heavy atom. The van der Waals surface area contributed by atoms with Gasteiger partial charge in [0, 0.05) is 29.8 Å². The van der Waals surface area contributed by atoms with Crippen molar-refractivity contribution in [3.8, 4) is 0 Å². The van der Waals surface area contributed by atoms with Crippen LogP contribution in [0.1, 0.15) is 59.4 Å². The first-order valence-corrected chi connectivity index (χ1v) is 17.4. The molecule has 1 aromatic heterocycles. The smallest absolute Gasteiger partial charge is 0.366 e. The lowest BCUT2D eigenvalue weighted by Gasteiger charge is -2.37. The number of unbranched alkanes of at least 4 members (excludes halogenated alkanes) is 1. The highest BCUT2D eigenvalue weighted by atomic mass is 32.2. The van der Waals surface area contributed by atoms with E-state index in [9.17, 15) is 43.9 Å². The number of sulfonamides is 1. The summed E-state index contributed by atoms with van der Waals surface area (Å²) in [5, 5.41) is 0.965. The van der Waals surface area contributed by atoms with E-state index in [1.54, 1.807) is 43.3 Å². The molecule has 51 heavy (non-hydrogen) atoms. The highest BCUT2D eigenvalue weighted by Gasteiger charge is 2.42. The highest BCUT2D eigenvalue weighted by Crippen LogP contribution is 2.39. The fraction of sp³-hybridized carbons (Fsp3) is 0.314. The van der Waals surface area contributed by atoms with Gasteiger partial charge in [0.2, 0.25) is 15.9 Å². The minimum absolute atomic E-state index is 0.101. The number of amides is 1. The Balaban J connectivity index is 0.000000316. The zero-order valence-corrected chi connectivity index (χ0v) is 28.8. The van der Waals surface area contributed by atoms with E-state index in [0.29, 0.717) is 29.5 Å². The number of hydrazine groups is 1. The molecule has 2 aromatic carbocycles. The van der Waals surface area contributed by atoms with Crippen molar-refractivity contribution in [2.45, 2.75) is 64.5 Å². The van der Waals surface area contributed by atoms with Crippen LogP contribution in [0, 0.1) is 12.7 Å². The van der Waals surface area contributed by atoms with Gasteiger partial charge >= 0.3 is 12.4 Å². The summed E-state index contributed by atoms with van der Waals surface area (Å²) in [4.78, 5) is 14.6. The number of carbonyl (C=O) groups is 1. The lowest BCUT2D eigenvalue weighted by atomic mass is 9.97. The fourth-order valence-electron chi connectivity index (χ4n) is 5.05. The first-order chi connectivity index (χ1) is 23.7. The maximum absolute atomic E-state index is 13.8. The van der Waals surface area contributed by atoms with E-state index < -0.39 is 51.5 Å². The van der Waals surface area contributed by atoms with Crippen molar-refractivity contribution in [1.29, 1.82) is 0 Å². The molecule has 0 bridgehead atoms. The summed E-state index contributed by atoms with van der Waals surface area (Å²) in [6.45, 7) is 7.03. The summed E-state index contributed by atoms with van der Waals surface area (Å²) in [7, 11) is -3.55. The molecule has 1 aliphatic heterocycles. The van der Waals surface area contributed by atoms with Gasteiger partial charge in [-0.25, -0.2) is 23.2 Å². The van der Waals surface area contributed by atoms with Crippen LogP contribution in [0.15, 0.2) is 90.7 Å². The molecule has 1 unspecified atom stereocenters. The van der Waals surface area contributed by atoms with Gasteiger partial charge in [-0.15, -0.1) is 0 Å². The number of halogens is 7.